The molecule has 2 aliphatic rings. The third kappa shape index (κ3) is 8.32. The molecule has 0 radical (unpaired) electrons. The molecular formula is C39H47N5O5. The first-order valence-electron chi connectivity index (χ1n) is 17.5. The van der Waals surface area contributed by atoms with Crippen LogP contribution in [0.2, 0.25) is 0 Å². The van der Waals surface area contributed by atoms with Crippen molar-refractivity contribution in [2.24, 2.45) is 0 Å². The van der Waals surface area contributed by atoms with E-state index < -0.39 is 0 Å². The monoisotopic (exact) mass is 665 g/mol. The van der Waals surface area contributed by atoms with E-state index in [0.717, 1.165) is 49.4 Å². The standard InChI is InChI=1S/C39H47N5O5/c1-4-42(5-2)33-13-10-32-26-36(49-35(32)27-33)38(46)30-11-14-34(15-12-30)48-25-24-40-16-20-43(21-17-40)37(45)28-41-18-22-44(23-19-41)39(47)31-8-6-29(3)7-9-31/h6-15,26-27H,4-5,16-25,28H2,1-3H3. The van der Waals surface area contributed by atoms with Crippen molar-refractivity contribution in [1.29, 1.82) is 0 Å². The molecule has 10 heteroatoms. The average molecular weight is 666 g/mol. The summed E-state index contributed by atoms with van der Waals surface area (Å²) in [4.78, 5) is 49.6. The van der Waals surface area contributed by atoms with Crippen molar-refractivity contribution in [1.82, 2.24) is 19.6 Å². The number of anilines is 1. The number of rotatable bonds is 12. The first kappa shape index (κ1) is 34.2. The van der Waals surface area contributed by atoms with Gasteiger partial charge in [0.15, 0.2) is 5.76 Å². The number of amides is 2. The molecule has 10 nitrogen and oxygen atoms in total. The van der Waals surface area contributed by atoms with Gasteiger partial charge in [-0.1, -0.05) is 17.7 Å². The Hall–Kier alpha value is -4.67. The van der Waals surface area contributed by atoms with E-state index in [4.69, 9.17) is 9.15 Å². The lowest BCUT2D eigenvalue weighted by Gasteiger charge is -2.38. The van der Waals surface area contributed by atoms with Crippen LogP contribution in [-0.2, 0) is 4.79 Å². The second kappa shape index (κ2) is 15.7. The fourth-order valence-electron chi connectivity index (χ4n) is 6.55. The first-order chi connectivity index (χ1) is 23.8. The number of ketones is 1. The van der Waals surface area contributed by atoms with Crippen LogP contribution in [0.25, 0.3) is 11.0 Å². The van der Waals surface area contributed by atoms with Crippen LogP contribution >= 0.6 is 0 Å². The summed E-state index contributed by atoms with van der Waals surface area (Å²) in [5.74, 6) is 1.08. The number of fused-ring (bicyclic) bond motifs is 1. The van der Waals surface area contributed by atoms with Gasteiger partial charge in [0.05, 0.1) is 6.54 Å². The Bertz CT molecular complexity index is 1730. The van der Waals surface area contributed by atoms with E-state index in [9.17, 15) is 14.4 Å². The molecule has 0 atom stereocenters. The fourth-order valence-corrected chi connectivity index (χ4v) is 6.55. The lowest BCUT2D eigenvalue weighted by molar-refractivity contribution is -0.134. The van der Waals surface area contributed by atoms with Crippen LogP contribution in [0.5, 0.6) is 5.75 Å². The Morgan fingerprint density at radius 2 is 1.37 bits per heavy atom. The number of nitrogens with zero attached hydrogens (tertiary/aromatic N) is 5. The van der Waals surface area contributed by atoms with Gasteiger partial charge in [-0.25, -0.2) is 0 Å². The van der Waals surface area contributed by atoms with Gasteiger partial charge < -0.3 is 23.9 Å². The Balaban J connectivity index is 0.896. The Labute approximate surface area is 288 Å². The summed E-state index contributed by atoms with van der Waals surface area (Å²) < 4.78 is 12.0. The highest BCUT2D eigenvalue weighted by Gasteiger charge is 2.26. The normalized spacial score (nSPS) is 15.8. The molecule has 0 saturated carbocycles. The third-order valence-electron chi connectivity index (χ3n) is 9.69. The summed E-state index contributed by atoms with van der Waals surface area (Å²) in [7, 11) is 0. The summed E-state index contributed by atoms with van der Waals surface area (Å²) in [5.41, 5.74) is 4.19. The summed E-state index contributed by atoms with van der Waals surface area (Å²) in [6, 6.07) is 22.8. The molecule has 49 heavy (non-hydrogen) atoms. The van der Waals surface area contributed by atoms with Crippen LogP contribution in [0.4, 0.5) is 5.69 Å². The first-order valence-corrected chi connectivity index (χ1v) is 17.5. The maximum absolute atomic E-state index is 13.2. The molecule has 1 aromatic heterocycles. The number of benzene rings is 3. The number of aryl methyl sites for hydroxylation is 1. The molecule has 2 fully saturated rings. The molecule has 3 aromatic carbocycles. The molecular weight excluding hydrogens is 618 g/mol. The number of hydrogen-bond donors (Lipinski definition) is 0. The molecule has 4 aromatic rings. The van der Waals surface area contributed by atoms with Gasteiger partial charge in [-0.05, 0) is 75.4 Å². The minimum Gasteiger partial charge on any atom is -0.492 e. The van der Waals surface area contributed by atoms with Crippen LogP contribution in [0.1, 0.15) is 45.9 Å². The quantitative estimate of drug-likeness (QED) is 0.200. The minimum absolute atomic E-state index is 0.0572. The predicted octanol–water partition coefficient (Wildman–Crippen LogP) is 4.80. The van der Waals surface area contributed by atoms with Crippen molar-refractivity contribution < 1.29 is 23.5 Å². The molecule has 0 spiro atoms. The van der Waals surface area contributed by atoms with Crippen LogP contribution in [0, 0.1) is 6.92 Å². The topological polar surface area (TPSA) is 89.8 Å². The summed E-state index contributed by atoms with van der Waals surface area (Å²) >= 11 is 0. The number of carbonyl (C=O) groups is 3. The Kier molecular flexibility index (Phi) is 11.0. The maximum atomic E-state index is 13.2. The number of carbonyl (C=O) groups excluding carboxylic acids is 3. The van der Waals surface area contributed by atoms with Gasteiger partial charge in [-0.2, -0.15) is 0 Å². The highest BCUT2D eigenvalue weighted by Crippen LogP contribution is 2.27. The minimum atomic E-state index is -0.157. The zero-order valence-corrected chi connectivity index (χ0v) is 28.9. The van der Waals surface area contributed by atoms with E-state index in [1.54, 1.807) is 18.2 Å². The number of piperazine rings is 2. The summed E-state index contributed by atoms with van der Waals surface area (Å²) in [6.45, 7) is 15.4. The zero-order valence-electron chi connectivity index (χ0n) is 28.9. The summed E-state index contributed by atoms with van der Waals surface area (Å²) in [6.07, 6.45) is 0. The molecule has 0 bridgehead atoms. The van der Waals surface area contributed by atoms with Gasteiger partial charge >= 0.3 is 0 Å². The van der Waals surface area contributed by atoms with Crippen LogP contribution in [-0.4, -0.2) is 122 Å². The number of furan rings is 1. The van der Waals surface area contributed by atoms with Crippen molar-refractivity contribution in [2.45, 2.75) is 20.8 Å². The third-order valence-corrected chi connectivity index (χ3v) is 9.69. The second-order valence-electron chi connectivity index (χ2n) is 12.9. The smallest absolute Gasteiger partial charge is 0.253 e. The maximum Gasteiger partial charge on any atom is 0.253 e. The van der Waals surface area contributed by atoms with Gasteiger partial charge in [0.2, 0.25) is 11.7 Å². The van der Waals surface area contributed by atoms with Gasteiger partial charge in [0.25, 0.3) is 5.91 Å². The van der Waals surface area contributed by atoms with Crippen LogP contribution in [0.3, 0.4) is 0 Å². The average Bonchev–Trinajstić information content (AvgIpc) is 3.57. The van der Waals surface area contributed by atoms with Crippen molar-refractivity contribution in [3.05, 3.63) is 95.2 Å². The van der Waals surface area contributed by atoms with E-state index >= 15 is 0 Å². The fraction of sp³-hybridized carbons (Fsp3) is 0.410. The van der Waals surface area contributed by atoms with Gasteiger partial charge in [-0.15, -0.1) is 0 Å². The molecule has 0 unspecified atom stereocenters. The van der Waals surface area contributed by atoms with E-state index in [1.807, 2.05) is 65.3 Å². The largest absolute Gasteiger partial charge is 0.492 e. The Morgan fingerprint density at radius 1 is 0.735 bits per heavy atom. The molecule has 0 N–H and O–H groups in total. The lowest BCUT2D eigenvalue weighted by Crippen LogP contribution is -2.54. The molecule has 6 rings (SSSR count). The second-order valence-corrected chi connectivity index (χ2v) is 12.9. The number of ether oxygens (including phenoxy) is 1. The predicted molar refractivity (Wildman–Crippen MR) is 192 cm³/mol. The van der Waals surface area contributed by atoms with Crippen molar-refractivity contribution in [3.63, 3.8) is 0 Å². The molecule has 2 amide bonds. The zero-order chi connectivity index (χ0) is 34.3. The van der Waals surface area contributed by atoms with Crippen molar-refractivity contribution in [3.8, 4) is 5.75 Å². The molecule has 0 aliphatic carbocycles. The van der Waals surface area contributed by atoms with Gasteiger partial charge in [-0.3, -0.25) is 24.2 Å². The lowest BCUT2D eigenvalue weighted by atomic mass is 10.1. The van der Waals surface area contributed by atoms with E-state index in [1.165, 1.54) is 0 Å². The van der Waals surface area contributed by atoms with E-state index in [-0.39, 0.29) is 17.6 Å². The van der Waals surface area contributed by atoms with Crippen molar-refractivity contribution in [2.75, 3.05) is 90.0 Å². The SMILES string of the molecule is CCN(CC)c1ccc2cc(C(=O)c3ccc(OCCN4CCN(C(=O)CN5CCN(C(=O)c6ccc(C)cc6)CC5)CC4)cc3)oc2c1. The van der Waals surface area contributed by atoms with Gasteiger partial charge in [0, 0.05) is 100 Å². The van der Waals surface area contributed by atoms with Gasteiger partial charge in [0.1, 0.15) is 17.9 Å². The van der Waals surface area contributed by atoms with Crippen molar-refractivity contribution >= 4 is 34.3 Å². The molecule has 2 aliphatic heterocycles. The Morgan fingerprint density at radius 3 is 2.04 bits per heavy atom. The van der Waals surface area contributed by atoms with E-state index in [0.29, 0.717) is 80.6 Å². The van der Waals surface area contributed by atoms with Crippen LogP contribution < -0.4 is 9.64 Å². The highest BCUT2D eigenvalue weighted by atomic mass is 16.5. The molecule has 258 valence electrons. The molecule has 2 saturated heterocycles. The summed E-state index contributed by atoms with van der Waals surface area (Å²) in [5, 5.41) is 0.909. The number of hydrogen-bond acceptors (Lipinski definition) is 8. The highest BCUT2D eigenvalue weighted by molar-refractivity contribution is 6.09. The van der Waals surface area contributed by atoms with Crippen LogP contribution in [0.15, 0.2) is 77.2 Å². The van der Waals surface area contributed by atoms with E-state index in [2.05, 4.69) is 34.6 Å². The molecule has 3 heterocycles.